The summed E-state index contributed by atoms with van der Waals surface area (Å²) in [7, 11) is -3.77. The Kier molecular flexibility index (Phi) is 4.56. The third kappa shape index (κ3) is 3.46. The lowest BCUT2D eigenvalue weighted by Gasteiger charge is -2.11. The normalized spacial score (nSPS) is 11.7. The SMILES string of the molecule is Cc1ccc(C)c(S(=O)(=O)Nc2cc(C)nn2-c2nc(-c3ccco3)cs2)c1. The van der Waals surface area contributed by atoms with Crippen LogP contribution in [0.15, 0.2) is 57.4 Å². The minimum Gasteiger partial charge on any atom is -0.463 e. The maximum Gasteiger partial charge on any atom is 0.263 e. The molecule has 0 unspecified atom stereocenters. The molecule has 0 aliphatic carbocycles. The number of nitrogens with one attached hydrogen (secondary N) is 1. The average molecular weight is 415 g/mol. The van der Waals surface area contributed by atoms with Crippen molar-refractivity contribution in [2.75, 3.05) is 4.72 Å². The molecule has 0 saturated carbocycles. The minimum atomic E-state index is -3.77. The Morgan fingerprint density at radius 3 is 2.71 bits per heavy atom. The van der Waals surface area contributed by atoms with Crippen LogP contribution >= 0.6 is 11.3 Å². The molecule has 7 nitrogen and oxygen atoms in total. The van der Waals surface area contributed by atoms with Crippen molar-refractivity contribution >= 4 is 27.2 Å². The molecule has 0 aliphatic rings. The molecule has 4 rings (SSSR count). The van der Waals surface area contributed by atoms with Crippen molar-refractivity contribution in [3.63, 3.8) is 0 Å². The predicted molar refractivity (Wildman–Crippen MR) is 108 cm³/mol. The quantitative estimate of drug-likeness (QED) is 0.525. The standard InChI is InChI=1S/C19H18N4O3S2/c1-12-6-7-13(2)17(9-12)28(24,25)22-18-10-14(3)21-23(18)19-20-15(11-27-19)16-5-4-8-26-16/h4-11,22H,1-3H3. The summed E-state index contributed by atoms with van der Waals surface area (Å²) in [4.78, 5) is 4.77. The lowest BCUT2D eigenvalue weighted by Crippen LogP contribution is -2.17. The molecule has 28 heavy (non-hydrogen) atoms. The predicted octanol–water partition coefficient (Wildman–Crippen LogP) is 4.31. The maximum absolute atomic E-state index is 13.0. The van der Waals surface area contributed by atoms with Crippen LogP contribution in [-0.2, 0) is 10.0 Å². The van der Waals surface area contributed by atoms with Crippen molar-refractivity contribution in [1.82, 2.24) is 14.8 Å². The first-order valence-corrected chi connectivity index (χ1v) is 10.9. The van der Waals surface area contributed by atoms with Crippen molar-refractivity contribution in [2.24, 2.45) is 0 Å². The van der Waals surface area contributed by atoms with Gasteiger partial charge in [0, 0.05) is 11.4 Å². The van der Waals surface area contributed by atoms with Crippen LogP contribution in [0, 0.1) is 20.8 Å². The number of rotatable bonds is 5. The van der Waals surface area contributed by atoms with Crippen molar-refractivity contribution < 1.29 is 12.8 Å². The van der Waals surface area contributed by atoms with E-state index in [0.717, 1.165) is 5.56 Å². The van der Waals surface area contributed by atoms with Crippen LogP contribution in [0.25, 0.3) is 16.6 Å². The van der Waals surface area contributed by atoms with Crippen LogP contribution in [0.1, 0.15) is 16.8 Å². The highest BCUT2D eigenvalue weighted by atomic mass is 32.2. The summed E-state index contributed by atoms with van der Waals surface area (Å²) in [6.07, 6.45) is 1.58. The van der Waals surface area contributed by atoms with Crippen LogP contribution in [-0.4, -0.2) is 23.2 Å². The lowest BCUT2D eigenvalue weighted by atomic mass is 10.2. The molecule has 1 aromatic carbocycles. The van der Waals surface area contributed by atoms with E-state index in [4.69, 9.17) is 4.42 Å². The smallest absolute Gasteiger partial charge is 0.263 e. The van der Waals surface area contributed by atoms with Crippen LogP contribution in [0.4, 0.5) is 5.82 Å². The second-order valence-electron chi connectivity index (χ2n) is 6.45. The lowest BCUT2D eigenvalue weighted by molar-refractivity contribution is 0.580. The highest BCUT2D eigenvalue weighted by Gasteiger charge is 2.21. The summed E-state index contributed by atoms with van der Waals surface area (Å²) in [5.74, 6) is 0.975. The summed E-state index contributed by atoms with van der Waals surface area (Å²) in [5.41, 5.74) is 2.89. The van der Waals surface area contributed by atoms with E-state index in [1.54, 1.807) is 44.4 Å². The molecule has 0 radical (unpaired) electrons. The van der Waals surface area contributed by atoms with Gasteiger partial charge in [-0.3, -0.25) is 4.72 Å². The minimum absolute atomic E-state index is 0.244. The van der Waals surface area contributed by atoms with Crippen LogP contribution in [0.5, 0.6) is 0 Å². The van der Waals surface area contributed by atoms with Gasteiger partial charge in [0.25, 0.3) is 10.0 Å². The summed E-state index contributed by atoms with van der Waals surface area (Å²) >= 11 is 1.35. The topological polar surface area (TPSA) is 90.0 Å². The molecule has 0 saturated heterocycles. The number of hydrogen-bond acceptors (Lipinski definition) is 6. The number of sulfonamides is 1. The van der Waals surface area contributed by atoms with Crippen LogP contribution in [0.3, 0.4) is 0 Å². The molecule has 0 atom stereocenters. The molecule has 0 amide bonds. The summed E-state index contributed by atoms with van der Waals surface area (Å²) in [6.45, 7) is 5.43. The monoisotopic (exact) mass is 414 g/mol. The highest BCUT2D eigenvalue weighted by Crippen LogP contribution is 2.28. The fraction of sp³-hybridized carbons (Fsp3) is 0.158. The third-order valence-electron chi connectivity index (χ3n) is 4.15. The molecule has 0 spiro atoms. The van der Waals surface area contributed by atoms with E-state index in [0.29, 0.717) is 33.7 Å². The second-order valence-corrected chi connectivity index (χ2v) is 8.94. The second kappa shape index (κ2) is 6.92. The van der Waals surface area contributed by atoms with Gasteiger partial charge in [-0.15, -0.1) is 11.3 Å². The van der Waals surface area contributed by atoms with E-state index >= 15 is 0 Å². The number of thiazole rings is 1. The fourth-order valence-electron chi connectivity index (χ4n) is 2.81. The summed E-state index contributed by atoms with van der Waals surface area (Å²) in [5, 5.41) is 6.78. The zero-order valence-electron chi connectivity index (χ0n) is 15.5. The van der Waals surface area contributed by atoms with Gasteiger partial charge in [0.2, 0.25) is 5.13 Å². The molecule has 3 aromatic heterocycles. The Morgan fingerprint density at radius 2 is 1.96 bits per heavy atom. The third-order valence-corrected chi connectivity index (χ3v) is 6.46. The average Bonchev–Trinajstić information content (AvgIpc) is 3.36. The maximum atomic E-state index is 13.0. The van der Waals surface area contributed by atoms with Gasteiger partial charge in [-0.25, -0.2) is 13.4 Å². The Hall–Kier alpha value is -2.91. The molecule has 0 fully saturated rings. The molecule has 3 heterocycles. The van der Waals surface area contributed by atoms with Gasteiger partial charge in [-0.2, -0.15) is 9.78 Å². The van der Waals surface area contributed by atoms with E-state index in [-0.39, 0.29) is 4.90 Å². The van der Waals surface area contributed by atoms with Crippen molar-refractivity contribution in [3.8, 4) is 16.6 Å². The van der Waals surface area contributed by atoms with E-state index in [1.165, 1.54) is 16.0 Å². The first kappa shape index (κ1) is 18.5. The number of hydrogen-bond donors (Lipinski definition) is 1. The van der Waals surface area contributed by atoms with Gasteiger partial charge in [0.1, 0.15) is 11.5 Å². The summed E-state index contributed by atoms with van der Waals surface area (Å²) < 4.78 is 35.5. The first-order chi connectivity index (χ1) is 13.3. The molecule has 144 valence electrons. The summed E-state index contributed by atoms with van der Waals surface area (Å²) in [6, 6.07) is 10.6. The molecular weight excluding hydrogens is 396 g/mol. The number of benzene rings is 1. The van der Waals surface area contributed by atoms with Crippen LogP contribution < -0.4 is 4.72 Å². The number of aromatic nitrogens is 3. The van der Waals surface area contributed by atoms with Gasteiger partial charge >= 0.3 is 0 Å². The van der Waals surface area contributed by atoms with E-state index in [9.17, 15) is 8.42 Å². The van der Waals surface area contributed by atoms with E-state index < -0.39 is 10.0 Å². The number of aryl methyl sites for hydroxylation is 3. The fourth-order valence-corrected chi connectivity index (χ4v) is 4.95. The van der Waals surface area contributed by atoms with Crippen molar-refractivity contribution in [3.05, 3.63) is 64.9 Å². The molecule has 0 bridgehead atoms. The Bertz CT molecular complexity index is 1240. The Balaban J connectivity index is 1.72. The van der Waals surface area contributed by atoms with E-state index in [1.807, 2.05) is 24.4 Å². The number of anilines is 1. The Labute approximate surface area is 166 Å². The molecule has 1 N–H and O–H groups in total. The van der Waals surface area contributed by atoms with Crippen molar-refractivity contribution in [2.45, 2.75) is 25.7 Å². The molecular formula is C19H18N4O3S2. The Morgan fingerprint density at radius 1 is 1.14 bits per heavy atom. The van der Waals surface area contributed by atoms with Gasteiger partial charge in [-0.1, -0.05) is 12.1 Å². The highest BCUT2D eigenvalue weighted by molar-refractivity contribution is 7.92. The number of furan rings is 1. The van der Waals surface area contributed by atoms with Crippen molar-refractivity contribution in [1.29, 1.82) is 0 Å². The van der Waals surface area contributed by atoms with Gasteiger partial charge < -0.3 is 4.42 Å². The first-order valence-electron chi connectivity index (χ1n) is 8.50. The van der Waals surface area contributed by atoms with Crippen LogP contribution in [0.2, 0.25) is 0 Å². The zero-order chi connectivity index (χ0) is 19.9. The van der Waals surface area contributed by atoms with Gasteiger partial charge in [0.15, 0.2) is 5.76 Å². The largest absolute Gasteiger partial charge is 0.463 e. The zero-order valence-corrected chi connectivity index (χ0v) is 17.1. The van der Waals surface area contributed by atoms with Gasteiger partial charge in [0.05, 0.1) is 16.9 Å². The number of nitrogens with zero attached hydrogens (tertiary/aromatic N) is 3. The molecule has 9 heteroatoms. The molecule has 0 aliphatic heterocycles. The molecule has 4 aromatic rings. The van der Waals surface area contributed by atoms with Gasteiger partial charge in [-0.05, 0) is 50.1 Å². The van der Waals surface area contributed by atoms with E-state index in [2.05, 4.69) is 14.8 Å².